The Hall–Kier alpha value is -0.820. The summed E-state index contributed by atoms with van der Waals surface area (Å²) in [6.45, 7) is 5.18. The number of nitrogens with zero attached hydrogens (tertiary/aromatic N) is 1. The molecule has 3 N–H and O–H groups in total. The third-order valence-electron chi connectivity index (χ3n) is 3.35. The van der Waals surface area contributed by atoms with Crippen molar-refractivity contribution < 1.29 is 8.42 Å². The minimum Gasteiger partial charge on any atom is -0.399 e. The first kappa shape index (κ1) is 17.2. The maximum atomic E-state index is 12.1. The molecule has 114 valence electrons. The largest absolute Gasteiger partial charge is 0.399 e. The van der Waals surface area contributed by atoms with Gasteiger partial charge in [-0.15, -0.1) is 0 Å². The van der Waals surface area contributed by atoms with Crippen LogP contribution in [0.1, 0.15) is 20.3 Å². The zero-order chi connectivity index (χ0) is 15.3. The number of anilines is 1. The molecular weight excluding hydrogens is 298 g/mol. The molecule has 0 heterocycles. The Morgan fingerprint density at radius 2 is 2.10 bits per heavy atom. The second-order valence-corrected chi connectivity index (χ2v) is 6.97. The highest BCUT2D eigenvalue weighted by Crippen LogP contribution is 2.23. The number of likely N-dealkylation sites (N-methyl/N-ethyl adjacent to an activating group) is 1. The van der Waals surface area contributed by atoms with E-state index in [1.807, 2.05) is 7.05 Å². The summed E-state index contributed by atoms with van der Waals surface area (Å²) in [6, 6.07) is 4.78. The van der Waals surface area contributed by atoms with Gasteiger partial charge in [0.15, 0.2) is 0 Å². The number of nitrogens with two attached hydrogens (primary N) is 1. The highest BCUT2D eigenvalue weighted by atomic mass is 35.5. The van der Waals surface area contributed by atoms with E-state index in [0.29, 0.717) is 24.8 Å². The number of halogens is 1. The summed E-state index contributed by atoms with van der Waals surface area (Å²) in [5, 5.41) is 0.132. The van der Waals surface area contributed by atoms with Crippen molar-refractivity contribution in [2.45, 2.75) is 31.2 Å². The predicted molar refractivity (Wildman–Crippen MR) is 83.4 cm³/mol. The molecule has 5 nitrogen and oxygen atoms in total. The first-order chi connectivity index (χ1) is 9.27. The van der Waals surface area contributed by atoms with E-state index in [9.17, 15) is 8.42 Å². The lowest BCUT2D eigenvalue weighted by Gasteiger charge is -2.23. The zero-order valence-electron chi connectivity index (χ0n) is 12.1. The van der Waals surface area contributed by atoms with Gasteiger partial charge in [0.2, 0.25) is 10.0 Å². The Morgan fingerprint density at radius 3 is 2.65 bits per heavy atom. The van der Waals surface area contributed by atoms with Crippen LogP contribution in [0, 0.1) is 0 Å². The minimum atomic E-state index is -3.60. The van der Waals surface area contributed by atoms with E-state index in [1.165, 1.54) is 18.2 Å². The van der Waals surface area contributed by atoms with Gasteiger partial charge in [-0.2, -0.15) is 0 Å². The third-order valence-corrected chi connectivity index (χ3v) is 5.29. The summed E-state index contributed by atoms with van der Waals surface area (Å²) in [5.74, 6) is 0. The number of rotatable bonds is 7. The van der Waals surface area contributed by atoms with Crippen molar-refractivity contribution in [2.24, 2.45) is 0 Å². The monoisotopic (exact) mass is 319 g/mol. The molecule has 0 spiro atoms. The number of hydrogen-bond donors (Lipinski definition) is 2. The van der Waals surface area contributed by atoms with Gasteiger partial charge >= 0.3 is 0 Å². The highest BCUT2D eigenvalue weighted by molar-refractivity contribution is 7.89. The van der Waals surface area contributed by atoms with Crippen LogP contribution in [0.25, 0.3) is 0 Å². The molecule has 7 heteroatoms. The standard InChI is InChI=1S/C13H22ClN3O2S/c1-4-10(2)17(3)8-7-16-20(18,19)13-6-5-11(15)9-12(13)14/h5-6,9-10,16H,4,7-8,15H2,1-3H3. The molecule has 1 aromatic rings. The Labute approximate surface area is 126 Å². The van der Waals surface area contributed by atoms with E-state index >= 15 is 0 Å². The van der Waals surface area contributed by atoms with Gasteiger partial charge in [-0.3, -0.25) is 0 Å². The smallest absolute Gasteiger partial charge is 0.242 e. The summed E-state index contributed by atoms with van der Waals surface area (Å²) in [4.78, 5) is 2.16. The zero-order valence-corrected chi connectivity index (χ0v) is 13.6. The molecule has 1 rings (SSSR count). The van der Waals surface area contributed by atoms with Crippen LogP contribution in [-0.4, -0.2) is 39.5 Å². The van der Waals surface area contributed by atoms with Gasteiger partial charge in [-0.1, -0.05) is 18.5 Å². The summed E-state index contributed by atoms with van der Waals surface area (Å²) >= 11 is 5.92. The van der Waals surface area contributed by atoms with Gasteiger partial charge in [0.05, 0.1) is 5.02 Å². The van der Waals surface area contributed by atoms with E-state index < -0.39 is 10.0 Å². The van der Waals surface area contributed by atoms with Crippen molar-refractivity contribution >= 4 is 27.3 Å². The van der Waals surface area contributed by atoms with Crippen molar-refractivity contribution in [3.8, 4) is 0 Å². The lowest BCUT2D eigenvalue weighted by atomic mass is 10.2. The van der Waals surface area contributed by atoms with Crippen molar-refractivity contribution in [1.29, 1.82) is 0 Å². The number of benzene rings is 1. The van der Waals surface area contributed by atoms with Gasteiger partial charge in [0.1, 0.15) is 4.90 Å². The lowest BCUT2D eigenvalue weighted by molar-refractivity contribution is 0.256. The van der Waals surface area contributed by atoms with Crippen molar-refractivity contribution in [2.75, 3.05) is 25.9 Å². The average molecular weight is 320 g/mol. The topological polar surface area (TPSA) is 75.4 Å². The van der Waals surface area contributed by atoms with E-state index in [-0.39, 0.29) is 9.92 Å². The van der Waals surface area contributed by atoms with Gasteiger partial charge < -0.3 is 10.6 Å². The second kappa shape index (κ2) is 7.26. The van der Waals surface area contributed by atoms with Crippen LogP contribution < -0.4 is 10.5 Å². The Morgan fingerprint density at radius 1 is 1.45 bits per heavy atom. The fourth-order valence-corrected chi connectivity index (χ4v) is 3.27. The highest BCUT2D eigenvalue weighted by Gasteiger charge is 2.18. The van der Waals surface area contributed by atoms with Gasteiger partial charge in [0.25, 0.3) is 0 Å². The van der Waals surface area contributed by atoms with Gasteiger partial charge in [0, 0.05) is 24.8 Å². The average Bonchev–Trinajstić information content (AvgIpc) is 2.36. The molecule has 0 aromatic heterocycles. The Kier molecular flexibility index (Phi) is 6.26. The van der Waals surface area contributed by atoms with E-state index in [0.717, 1.165) is 6.42 Å². The summed E-state index contributed by atoms with van der Waals surface area (Å²) in [5.41, 5.74) is 5.99. The Balaban J connectivity index is 2.67. The van der Waals surface area contributed by atoms with E-state index in [1.54, 1.807) is 0 Å². The molecule has 0 amide bonds. The third kappa shape index (κ3) is 4.63. The fourth-order valence-electron chi connectivity index (χ4n) is 1.70. The molecule has 0 radical (unpaired) electrons. The van der Waals surface area contributed by atoms with Crippen molar-refractivity contribution in [3.63, 3.8) is 0 Å². The maximum Gasteiger partial charge on any atom is 0.242 e. The molecular formula is C13H22ClN3O2S. The van der Waals surface area contributed by atoms with Crippen LogP contribution in [0.15, 0.2) is 23.1 Å². The van der Waals surface area contributed by atoms with Gasteiger partial charge in [-0.05, 0) is 38.6 Å². The molecule has 20 heavy (non-hydrogen) atoms. The molecule has 0 bridgehead atoms. The molecule has 0 aliphatic carbocycles. The van der Waals surface area contributed by atoms with Crippen LogP contribution in [0.3, 0.4) is 0 Å². The lowest BCUT2D eigenvalue weighted by Crippen LogP contribution is -2.37. The van der Waals surface area contributed by atoms with Crippen molar-refractivity contribution in [3.05, 3.63) is 23.2 Å². The molecule has 0 aliphatic heterocycles. The molecule has 1 aromatic carbocycles. The SMILES string of the molecule is CCC(C)N(C)CCNS(=O)(=O)c1ccc(N)cc1Cl. The normalized spacial score (nSPS) is 13.7. The number of hydrogen-bond acceptors (Lipinski definition) is 4. The van der Waals surface area contributed by atoms with Crippen LogP contribution >= 0.6 is 11.6 Å². The Bertz CT molecular complexity index is 549. The van der Waals surface area contributed by atoms with Crippen LogP contribution in [0.5, 0.6) is 0 Å². The molecule has 0 saturated heterocycles. The number of sulfonamides is 1. The molecule has 1 unspecified atom stereocenters. The predicted octanol–water partition coefficient (Wildman–Crippen LogP) is 1.93. The van der Waals surface area contributed by atoms with Crippen LogP contribution in [0.2, 0.25) is 5.02 Å². The second-order valence-electron chi connectivity index (χ2n) is 4.83. The number of nitrogens with one attached hydrogen (secondary N) is 1. The molecule has 1 atom stereocenters. The quantitative estimate of drug-likeness (QED) is 0.753. The summed E-state index contributed by atoms with van der Waals surface area (Å²) in [7, 11) is -1.63. The molecule has 0 saturated carbocycles. The minimum absolute atomic E-state index is 0.0551. The van der Waals surface area contributed by atoms with Crippen LogP contribution in [-0.2, 0) is 10.0 Å². The van der Waals surface area contributed by atoms with Crippen molar-refractivity contribution in [1.82, 2.24) is 9.62 Å². The summed E-state index contributed by atoms with van der Waals surface area (Å²) < 4.78 is 26.8. The summed E-state index contributed by atoms with van der Waals surface area (Å²) in [6.07, 6.45) is 1.02. The van der Waals surface area contributed by atoms with E-state index in [2.05, 4.69) is 23.5 Å². The van der Waals surface area contributed by atoms with Gasteiger partial charge in [-0.25, -0.2) is 13.1 Å². The van der Waals surface area contributed by atoms with E-state index in [4.69, 9.17) is 17.3 Å². The van der Waals surface area contributed by atoms with Crippen LogP contribution in [0.4, 0.5) is 5.69 Å². The number of nitrogen functional groups attached to an aromatic ring is 1. The molecule has 0 fully saturated rings. The molecule has 0 aliphatic rings. The fraction of sp³-hybridized carbons (Fsp3) is 0.538. The maximum absolute atomic E-state index is 12.1. The first-order valence-corrected chi connectivity index (χ1v) is 8.39. The first-order valence-electron chi connectivity index (χ1n) is 6.53.